The number of thioether (sulfide) groups is 1. The van der Waals surface area contributed by atoms with Gasteiger partial charge in [0, 0.05) is 28.6 Å². The second-order valence-corrected chi connectivity index (χ2v) is 11.6. The zero-order valence-corrected chi connectivity index (χ0v) is 25.3. The van der Waals surface area contributed by atoms with E-state index in [9.17, 15) is 9.90 Å². The third-order valence-electron chi connectivity index (χ3n) is 7.41. The average Bonchev–Trinajstić information content (AvgIpc) is 3.60. The predicted octanol–water partition coefficient (Wildman–Crippen LogP) is 7.32. The van der Waals surface area contributed by atoms with Crippen LogP contribution in [0, 0.1) is 5.92 Å². The summed E-state index contributed by atoms with van der Waals surface area (Å²) in [4.78, 5) is 17.1. The van der Waals surface area contributed by atoms with Crippen molar-refractivity contribution in [1.29, 1.82) is 0 Å². The molecule has 2 amide bonds. The molecule has 1 fully saturated rings. The Morgan fingerprint density at radius 2 is 1.64 bits per heavy atom. The molecule has 1 aliphatic heterocycles. The van der Waals surface area contributed by atoms with Crippen molar-refractivity contribution in [2.75, 3.05) is 16.4 Å². The summed E-state index contributed by atoms with van der Waals surface area (Å²) in [5.41, 5.74) is 3.82. The van der Waals surface area contributed by atoms with E-state index in [0.29, 0.717) is 28.0 Å². The normalized spacial score (nSPS) is 19.5. The van der Waals surface area contributed by atoms with Gasteiger partial charge in [0.1, 0.15) is 17.8 Å². The maximum atomic E-state index is 12.9. The van der Waals surface area contributed by atoms with Crippen LogP contribution in [0.25, 0.3) is 0 Å². The first-order valence-corrected chi connectivity index (χ1v) is 15.5. The highest BCUT2D eigenvalue weighted by molar-refractivity contribution is 7.99. The first-order chi connectivity index (χ1) is 22.0. The molecule has 5 aromatic rings. The van der Waals surface area contributed by atoms with E-state index in [1.165, 1.54) is 18.1 Å². The summed E-state index contributed by atoms with van der Waals surface area (Å²) < 4.78 is 18.9. The number of nitrogens with zero attached hydrogens (tertiary/aromatic N) is 2. The van der Waals surface area contributed by atoms with Crippen LogP contribution in [-0.2, 0) is 16.1 Å². The Labute approximate surface area is 265 Å². The molecule has 0 spiro atoms. The van der Waals surface area contributed by atoms with Gasteiger partial charge in [0.15, 0.2) is 11.4 Å². The molecule has 0 unspecified atom stereocenters. The van der Waals surface area contributed by atoms with E-state index in [1.54, 1.807) is 24.3 Å². The minimum absolute atomic E-state index is 0.0215. The molecular weight excluding hydrogens is 590 g/mol. The fraction of sp³-hybridized carbons (Fsp3) is 0.206. The number of carbonyl (C=O) groups is 1. The lowest BCUT2D eigenvalue weighted by Gasteiger charge is -2.41. The van der Waals surface area contributed by atoms with Crippen LogP contribution in [0.15, 0.2) is 115 Å². The number of amides is 2. The molecule has 1 saturated heterocycles. The molecule has 4 N–H and O–H groups in total. The Morgan fingerprint density at radius 3 is 2.38 bits per heavy atom. The van der Waals surface area contributed by atoms with Gasteiger partial charge in [0.2, 0.25) is 0 Å². The minimum atomic E-state index is -0.675. The van der Waals surface area contributed by atoms with E-state index in [2.05, 4.69) is 32.7 Å². The summed E-state index contributed by atoms with van der Waals surface area (Å²) in [5.74, 6) is 2.06. The lowest BCUT2D eigenvalue weighted by molar-refractivity contribution is -0.268. The number of anilines is 2. The first kappa shape index (κ1) is 30.4. The molecular formula is C34H33N5O5S. The van der Waals surface area contributed by atoms with Gasteiger partial charge in [0.25, 0.3) is 0 Å². The summed E-state index contributed by atoms with van der Waals surface area (Å²) in [6, 6.07) is 31.5. The van der Waals surface area contributed by atoms with Crippen LogP contribution in [0.5, 0.6) is 11.5 Å². The Morgan fingerprint density at radius 1 is 0.889 bits per heavy atom. The van der Waals surface area contributed by atoms with Gasteiger partial charge in [-0.15, -0.1) is 0 Å². The second kappa shape index (κ2) is 14.4. The van der Waals surface area contributed by atoms with Gasteiger partial charge >= 0.3 is 6.03 Å². The number of ether oxygens (including phenoxy) is 3. The van der Waals surface area contributed by atoms with Crippen molar-refractivity contribution < 1.29 is 24.1 Å². The van der Waals surface area contributed by atoms with Crippen LogP contribution in [0.2, 0.25) is 0 Å². The number of carbonyl (C=O) groups excluding carboxylic acids is 1. The quantitative estimate of drug-likeness (QED) is 0.119. The van der Waals surface area contributed by atoms with Crippen molar-refractivity contribution in [3.05, 3.63) is 126 Å². The number of hydrogen-bond acceptors (Lipinski definition) is 8. The third kappa shape index (κ3) is 7.89. The molecule has 4 aromatic carbocycles. The van der Waals surface area contributed by atoms with Crippen molar-refractivity contribution in [3.63, 3.8) is 0 Å². The highest BCUT2D eigenvalue weighted by atomic mass is 32.2. The molecule has 1 aliphatic rings. The Balaban J connectivity index is 1.13. The zero-order chi connectivity index (χ0) is 31.0. The molecule has 4 atom stereocenters. The number of para-hydroxylation sites is 1. The molecule has 1 aromatic heterocycles. The van der Waals surface area contributed by atoms with Crippen LogP contribution >= 0.6 is 11.8 Å². The SMILES string of the molecule is C[C@H]1[C@@H](CSc2ncn[nH]2)O[C@@H](c2cccc(NC(=O)Nc3ccc(Oc4ccccc4)cc3)c2)O[C@H]1c1ccc(CO)cc1. The number of benzene rings is 4. The lowest BCUT2D eigenvalue weighted by Crippen LogP contribution is -2.38. The number of rotatable bonds is 10. The molecule has 6 rings (SSSR count). The number of aliphatic hydroxyl groups excluding tert-OH is 1. The molecule has 0 radical (unpaired) electrons. The topological polar surface area (TPSA) is 131 Å². The highest BCUT2D eigenvalue weighted by Gasteiger charge is 2.38. The Hall–Kier alpha value is -4.68. The van der Waals surface area contributed by atoms with Gasteiger partial charge in [-0.25, -0.2) is 9.78 Å². The van der Waals surface area contributed by atoms with Gasteiger partial charge in [-0.05, 0) is 59.7 Å². The van der Waals surface area contributed by atoms with Gasteiger partial charge in [-0.1, -0.05) is 73.3 Å². The van der Waals surface area contributed by atoms with Crippen molar-refractivity contribution >= 4 is 29.2 Å². The summed E-state index contributed by atoms with van der Waals surface area (Å²) in [5, 5.41) is 22.8. The standard InChI is InChI=1S/C34H33N5O5S/c1-22-30(20-45-34-35-21-36-39-34)43-32(44-31(22)24-12-10-23(19-40)11-13-24)25-6-5-7-27(18-25)38-33(41)37-26-14-16-29(17-15-26)42-28-8-3-2-4-9-28/h2-18,21-22,30-32,40H,19-20H2,1H3,(H,35,36,39)(H2,37,38,41)/t22-,30+,31+,32+/m0/s1. The molecule has 45 heavy (non-hydrogen) atoms. The van der Waals surface area contributed by atoms with Gasteiger partial charge in [0.05, 0.1) is 18.8 Å². The molecule has 10 nitrogen and oxygen atoms in total. The van der Waals surface area contributed by atoms with Crippen molar-refractivity contribution in [3.8, 4) is 11.5 Å². The molecule has 0 bridgehead atoms. The molecule has 2 heterocycles. The Bertz CT molecular complexity index is 1670. The van der Waals surface area contributed by atoms with Crippen molar-refractivity contribution in [2.24, 2.45) is 5.92 Å². The molecule has 0 saturated carbocycles. The van der Waals surface area contributed by atoms with Gasteiger partial charge in [-0.3, -0.25) is 5.10 Å². The molecule has 230 valence electrons. The minimum Gasteiger partial charge on any atom is -0.457 e. The number of H-pyrrole nitrogens is 1. The number of nitrogens with one attached hydrogen (secondary N) is 3. The third-order valence-corrected chi connectivity index (χ3v) is 8.37. The van der Waals surface area contributed by atoms with Crippen LogP contribution in [-0.4, -0.2) is 38.2 Å². The van der Waals surface area contributed by atoms with E-state index < -0.39 is 6.29 Å². The van der Waals surface area contributed by atoms with E-state index in [-0.39, 0.29) is 30.8 Å². The summed E-state index contributed by atoms with van der Waals surface area (Å²) in [7, 11) is 0. The number of aromatic amines is 1. The number of urea groups is 1. The summed E-state index contributed by atoms with van der Waals surface area (Å²) in [6.07, 6.45) is 0.376. The average molecular weight is 624 g/mol. The van der Waals surface area contributed by atoms with Crippen LogP contribution in [0.3, 0.4) is 0 Å². The lowest BCUT2D eigenvalue weighted by atomic mass is 9.91. The fourth-order valence-corrected chi connectivity index (χ4v) is 5.97. The van der Waals surface area contributed by atoms with E-state index in [0.717, 1.165) is 22.4 Å². The summed E-state index contributed by atoms with van der Waals surface area (Å²) >= 11 is 1.54. The number of aliphatic hydroxyl groups is 1. The summed E-state index contributed by atoms with van der Waals surface area (Å²) in [6.45, 7) is 2.08. The van der Waals surface area contributed by atoms with Crippen LogP contribution in [0.1, 0.15) is 36.0 Å². The monoisotopic (exact) mass is 623 g/mol. The van der Waals surface area contributed by atoms with Crippen LogP contribution in [0.4, 0.5) is 16.2 Å². The van der Waals surface area contributed by atoms with E-state index in [1.807, 2.05) is 78.9 Å². The second-order valence-electron chi connectivity index (χ2n) is 10.6. The Kier molecular flexibility index (Phi) is 9.71. The van der Waals surface area contributed by atoms with Gasteiger partial charge < -0.3 is 30.0 Å². The fourth-order valence-electron chi connectivity index (χ4n) is 5.02. The highest BCUT2D eigenvalue weighted by Crippen LogP contribution is 2.43. The van der Waals surface area contributed by atoms with Crippen molar-refractivity contribution in [2.45, 2.75) is 37.2 Å². The number of aromatic nitrogens is 3. The molecule has 11 heteroatoms. The predicted molar refractivity (Wildman–Crippen MR) is 172 cm³/mol. The smallest absolute Gasteiger partial charge is 0.323 e. The maximum absolute atomic E-state index is 12.9. The van der Waals surface area contributed by atoms with E-state index >= 15 is 0 Å². The first-order valence-electron chi connectivity index (χ1n) is 14.5. The zero-order valence-electron chi connectivity index (χ0n) is 24.5. The van der Waals surface area contributed by atoms with Gasteiger partial charge in [-0.2, -0.15) is 5.10 Å². The number of hydrogen-bond donors (Lipinski definition) is 4. The van der Waals surface area contributed by atoms with Crippen molar-refractivity contribution in [1.82, 2.24) is 15.2 Å². The molecule has 0 aliphatic carbocycles. The maximum Gasteiger partial charge on any atom is 0.323 e. The van der Waals surface area contributed by atoms with E-state index in [4.69, 9.17) is 14.2 Å². The largest absolute Gasteiger partial charge is 0.457 e. The van der Waals surface area contributed by atoms with Crippen LogP contribution < -0.4 is 15.4 Å².